The molecule has 4 heteroatoms. The minimum atomic E-state index is 0.639. The van der Waals surface area contributed by atoms with E-state index >= 15 is 0 Å². The summed E-state index contributed by atoms with van der Waals surface area (Å²) in [5, 5.41) is 4.41. The Morgan fingerprint density at radius 2 is 1.92 bits per heavy atom. The van der Waals surface area contributed by atoms with Crippen molar-refractivity contribution < 1.29 is 0 Å². The van der Waals surface area contributed by atoms with E-state index in [1.165, 1.54) is 0 Å². The molecule has 0 saturated heterocycles. The van der Waals surface area contributed by atoms with E-state index in [2.05, 4.69) is 10.3 Å². The summed E-state index contributed by atoms with van der Waals surface area (Å²) in [7, 11) is 0. The van der Waals surface area contributed by atoms with Crippen molar-refractivity contribution >= 4 is 29.0 Å². The van der Waals surface area contributed by atoms with Gasteiger partial charge in [0.15, 0.2) is 0 Å². The molecule has 0 amide bonds. The fourth-order valence-corrected chi connectivity index (χ4v) is 1.87. The summed E-state index contributed by atoms with van der Waals surface area (Å²) in [6.45, 7) is 1.65. The van der Waals surface area contributed by atoms with Crippen molar-refractivity contribution in [3.63, 3.8) is 0 Å². The quantitative estimate of drug-likeness (QED) is 0.763. The van der Waals surface area contributed by atoms with Crippen molar-refractivity contribution in [2.24, 2.45) is 4.99 Å². The van der Waals surface area contributed by atoms with Crippen LogP contribution in [0.5, 0.6) is 0 Å². The second-order valence-corrected chi connectivity index (χ2v) is 3.57. The number of nitrogens with zero attached hydrogens (tertiary/aromatic N) is 1. The first-order valence-corrected chi connectivity index (χ1v) is 4.77. The number of rotatable bonds is 1. The van der Waals surface area contributed by atoms with Crippen LogP contribution in [0.4, 0.5) is 0 Å². The van der Waals surface area contributed by atoms with Crippen LogP contribution in [-0.2, 0) is 0 Å². The molecule has 1 N–H and O–H groups in total. The zero-order chi connectivity index (χ0) is 9.26. The molecule has 1 heterocycles. The predicted molar refractivity (Wildman–Crippen MR) is 55.9 cm³/mol. The van der Waals surface area contributed by atoms with Crippen molar-refractivity contribution in [2.75, 3.05) is 13.1 Å². The molecule has 0 saturated carbocycles. The Balaban J connectivity index is 2.49. The highest BCUT2D eigenvalue weighted by molar-refractivity contribution is 6.40. The number of hydrogen-bond acceptors (Lipinski definition) is 2. The van der Waals surface area contributed by atoms with Crippen LogP contribution in [0.3, 0.4) is 0 Å². The van der Waals surface area contributed by atoms with Crippen LogP contribution in [0.15, 0.2) is 23.2 Å². The molecule has 13 heavy (non-hydrogen) atoms. The number of halogens is 2. The first kappa shape index (κ1) is 8.85. The summed E-state index contributed by atoms with van der Waals surface area (Å²) in [5.41, 5.74) is 0.809. The summed E-state index contributed by atoms with van der Waals surface area (Å²) in [6.07, 6.45) is 0. The van der Waals surface area contributed by atoms with Gasteiger partial charge in [0.2, 0.25) is 0 Å². The lowest BCUT2D eigenvalue weighted by atomic mass is 10.2. The lowest BCUT2D eigenvalue weighted by molar-refractivity contribution is 0.960. The highest BCUT2D eigenvalue weighted by Crippen LogP contribution is 2.24. The Kier molecular flexibility index (Phi) is 2.42. The summed E-state index contributed by atoms with van der Waals surface area (Å²) >= 11 is 12.0. The fraction of sp³-hybridized carbons (Fsp3) is 0.222. The molecule has 1 aliphatic heterocycles. The van der Waals surface area contributed by atoms with Gasteiger partial charge in [0.25, 0.3) is 0 Å². The largest absolute Gasteiger partial charge is 0.368 e. The molecular weight excluding hydrogens is 207 g/mol. The second kappa shape index (κ2) is 3.56. The minimum Gasteiger partial charge on any atom is -0.368 e. The average molecular weight is 215 g/mol. The van der Waals surface area contributed by atoms with E-state index in [9.17, 15) is 0 Å². The molecule has 0 bridgehead atoms. The third-order valence-corrected chi connectivity index (χ3v) is 2.50. The molecule has 0 atom stereocenters. The van der Waals surface area contributed by atoms with Gasteiger partial charge >= 0.3 is 0 Å². The van der Waals surface area contributed by atoms with Crippen LogP contribution in [-0.4, -0.2) is 18.9 Å². The topological polar surface area (TPSA) is 24.4 Å². The van der Waals surface area contributed by atoms with Crippen LogP contribution in [0.1, 0.15) is 5.56 Å². The van der Waals surface area contributed by atoms with Gasteiger partial charge in [-0.2, -0.15) is 0 Å². The maximum Gasteiger partial charge on any atom is 0.131 e. The number of aliphatic imine (C=N–C) groups is 1. The molecule has 0 aliphatic carbocycles. The molecule has 1 aliphatic rings. The number of nitrogens with one attached hydrogen (secondary N) is 1. The van der Waals surface area contributed by atoms with E-state index < -0.39 is 0 Å². The van der Waals surface area contributed by atoms with E-state index in [4.69, 9.17) is 23.2 Å². The maximum atomic E-state index is 6.00. The van der Waals surface area contributed by atoms with E-state index in [0.29, 0.717) is 10.0 Å². The first-order valence-electron chi connectivity index (χ1n) is 4.02. The summed E-state index contributed by atoms with van der Waals surface area (Å²) in [4.78, 5) is 4.26. The van der Waals surface area contributed by atoms with Crippen LogP contribution < -0.4 is 5.32 Å². The fourth-order valence-electron chi connectivity index (χ4n) is 1.29. The Morgan fingerprint density at radius 3 is 2.46 bits per heavy atom. The van der Waals surface area contributed by atoms with Gasteiger partial charge < -0.3 is 5.32 Å². The Labute approximate surface area is 86.6 Å². The molecule has 68 valence electrons. The van der Waals surface area contributed by atoms with Gasteiger partial charge in [0, 0.05) is 6.54 Å². The third kappa shape index (κ3) is 1.64. The van der Waals surface area contributed by atoms with E-state index in [1.807, 2.05) is 18.2 Å². The number of hydrogen-bond donors (Lipinski definition) is 1. The second-order valence-electron chi connectivity index (χ2n) is 2.75. The Morgan fingerprint density at radius 1 is 1.23 bits per heavy atom. The predicted octanol–water partition coefficient (Wildman–Crippen LogP) is 2.34. The standard InChI is InChI=1S/C9H8Cl2N2/c10-6-2-1-3-7(11)8(6)9-12-4-5-13-9/h1-3H,4-5H2,(H,12,13). The monoisotopic (exact) mass is 214 g/mol. The number of benzene rings is 1. The molecule has 0 spiro atoms. The lowest BCUT2D eigenvalue weighted by Gasteiger charge is -2.06. The molecule has 1 aromatic carbocycles. The Bertz CT molecular complexity index is 340. The molecular formula is C9H8Cl2N2. The number of amidine groups is 1. The summed E-state index contributed by atoms with van der Waals surface area (Å²) in [5.74, 6) is 0.801. The van der Waals surface area contributed by atoms with Gasteiger partial charge in [0.05, 0.1) is 22.2 Å². The molecule has 0 radical (unpaired) electrons. The first-order chi connectivity index (χ1) is 6.29. The van der Waals surface area contributed by atoms with Gasteiger partial charge in [-0.25, -0.2) is 0 Å². The molecule has 0 aromatic heterocycles. The molecule has 0 unspecified atom stereocenters. The highest BCUT2D eigenvalue weighted by atomic mass is 35.5. The molecule has 2 rings (SSSR count). The van der Waals surface area contributed by atoms with Crippen molar-refractivity contribution in [3.05, 3.63) is 33.8 Å². The molecule has 2 nitrogen and oxygen atoms in total. The van der Waals surface area contributed by atoms with Gasteiger partial charge in [0.1, 0.15) is 5.84 Å². The zero-order valence-corrected chi connectivity index (χ0v) is 8.36. The SMILES string of the molecule is Clc1cccc(Cl)c1C1=NCCN1. The van der Waals surface area contributed by atoms with Crippen molar-refractivity contribution in [1.29, 1.82) is 0 Å². The molecule has 0 fully saturated rings. The van der Waals surface area contributed by atoms with E-state index in [-0.39, 0.29) is 0 Å². The summed E-state index contributed by atoms with van der Waals surface area (Å²) < 4.78 is 0. The minimum absolute atomic E-state index is 0.639. The van der Waals surface area contributed by atoms with Crippen LogP contribution in [0.2, 0.25) is 10.0 Å². The maximum absolute atomic E-state index is 6.00. The average Bonchev–Trinajstić information content (AvgIpc) is 2.57. The van der Waals surface area contributed by atoms with Crippen molar-refractivity contribution in [3.8, 4) is 0 Å². The van der Waals surface area contributed by atoms with Crippen LogP contribution >= 0.6 is 23.2 Å². The highest BCUT2D eigenvalue weighted by Gasteiger charge is 2.14. The smallest absolute Gasteiger partial charge is 0.131 e. The molecule has 1 aromatic rings. The lowest BCUT2D eigenvalue weighted by Crippen LogP contribution is -2.20. The van der Waals surface area contributed by atoms with Gasteiger partial charge in [-0.3, -0.25) is 4.99 Å². The van der Waals surface area contributed by atoms with E-state index in [0.717, 1.165) is 24.5 Å². The van der Waals surface area contributed by atoms with Gasteiger partial charge in [-0.05, 0) is 12.1 Å². The third-order valence-electron chi connectivity index (χ3n) is 1.87. The van der Waals surface area contributed by atoms with Gasteiger partial charge in [-0.1, -0.05) is 29.3 Å². The zero-order valence-electron chi connectivity index (χ0n) is 6.85. The Hall–Kier alpha value is -0.730. The van der Waals surface area contributed by atoms with Crippen molar-refractivity contribution in [1.82, 2.24) is 5.32 Å². The van der Waals surface area contributed by atoms with Gasteiger partial charge in [-0.15, -0.1) is 0 Å². The van der Waals surface area contributed by atoms with Crippen LogP contribution in [0.25, 0.3) is 0 Å². The van der Waals surface area contributed by atoms with Crippen LogP contribution in [0, 0.1) is 0 Å². The normalized spacial score (nSPS) is 15.4. The summed E-state index contributed by atoms with van der Waals surface area (Å²) in [6, 6.07) is 5.44. The van der Waals surface area contributed by atoms with Crippen molar-refractivity contribution in [2.45, 2.75) is 0 Å². The van der Waals surface area contributed by atoms with E-state index in [1.54, 1.807) is 0 Å².